The second-order valence-corrected chi connectivity index (χ2v) is 9.79. The first kappa shape index (κ1) is 25.6. The Morgan fingerprint density at radius 2 is 2.00 bits per heavy atom. The van der Waals surface area contributed by atoms with Crippen molar-refractivity contribution in [3.05, 3.63) is 87.1 Å². The van der Waals surface area contributed by atoms with E-state index in [1.165, 1.54) is 18.3 Å². The molecular formula is C27H26ClFN6O3. The molecule has 2 aliphatic rings. The quantitative estimate of drug-likeness (QED) is 0.463. The smallest absolute Gasteiger partial charge is 0.320 e. The van der Waals surface area contributed by atoms with Crippen LogP contribution in [-0.2, 0) is 30.6 Å². The molecule has 1 saturated heterocycles. The summed E-state index contributed by atoms with van der Waals surface area (Å²) in [5, 5.41) is 8.40. The Balaban J connectivity index is 1.22. The molecule has 0 saturated carbocycles. The lowest BCUT2D eigenvalue weighted by Crippen LogP contribution is -2.40. The fraction of sp³-hybridized carbons (Fsp3) is 0.296. The van der Waals surface area contributed by atoms with Gasteiger partial charge in [0.2, 0.25) is 5.91 Å². The zero-order chi connectivity index (χ0) is 26.8. The molecule has 3 N–H and O–H groups in total. The number of likely N-dealkylation sites (tertiary alicyclic amines) is 1. The summed E-state index contributed by atoms with van der Waals surface area (Å²) in [4.78, 5) is 47.4. The number of halogens is 2. The molecule has 2 aromatic heterocycles. The summed E-state index contributed by atoms with van der Waals surface area (Å²) in [6.07, 6.45) is 5.21. The van der Waals surface area contributed by atoms with Crippen molar-refractivity contribution < 1.29 is 18.8 Å². The second-order valence-electron chi connectivity index (χ2n) is 9.39. The Morgan fingerprint density at radius 1 is 1.16 bits per heavy atom. The molecule has 3 heterocycles. The molecule has 1 aliphatic carbocycles. The number of aromatic nitrogens is 2. The Kier molecular flexibility index (Phi) is 7.24. The summed E-state index contributed by atoms with van der Waals surface area (Å²) in [6.45, 7) is 0.601. The van der Waals surface area contributed by atoms with E-state index in [1.54, 1.807) is 24.2 Å². The maximum atomic E-state index is 14.3. The molecule has 38 heavy (non-hydrogen) atoms. The Hall–Kier alpha value is -4.05. The standard InChI is InChI=1S/C27H26ClFN6O3/c1-35-10-8-22(26(35)37)33-25(36)17-12-20(28)23(31-13-17)14-32-27(38)34-24-19-11-16-3-2-4-21(29)18(16)6-5-15(19)7-9-30-24/h2-4,7,9,12-13,22H,5-6,8,10-11,14H2,1H3,(H,33,36)(H2,30,32,34,38)/t22-/m1/s1. The minimum Gasteiger partial charge on any atom is -0.344 e. The normalized spacial score (nSPS) is 16.3. The van der Waals surface area contributed by atoms with E-state index in [1.807, 2.05) is 12.1 Å². The Bertz CT molecular complexity index is 1430. The molecular weight excluding hydrogens is 511 g/mol. The lowest BCUT2D eigenvalue weighted by atomic mass is 10.0. The van der Waals surface area contributed by atoms with Crippen LogP contribution in [0.5, 0.6) is 0 Å². The van der Waals surface area contributed by atoms with Gasteiger partial charge in [-0.15, -0.1) is 0 Å². The van der Waals surface area contributed by atoms with Crippen LogP contribution in [0.1, 0.15) is 44.7 Å². The summed E-state index contributed by atoms with van der Waals surface area (Å²) in [6, 6.07) is 7.33. The van der Waals surface area contributed by atoms with Gasteiger partial charge in [-0.2, -0.15) is 0 Å². The fourth-order valence-corrected chi connectivity index (χ4v) is 5.04. The number of hydrogen-bond acceptors (Lipinski definition) is 5. The van der Waals surface area contributed by atoms with Crippen molar-refractivity contribution in [1.29, 1.82) is 0 Å². The number of nitrogens with zero attached hydrogens (tertiary/aromatic N) is 3. The number of amides is 4. The van der Waals surface area contributed by atoms with E-state index in [4.69, 9.17) is 11.6 Å². The summed E-state index contributed by atoms with van der Waals surface area (Å²) in [7, 11) is 1.69. The van der Waals surface area contributed by atoms with Crippen LogP contribution in [0, 0.1) is 5.82 Å². The average molecular weight is 537 g/mol. The zero-order valence-electron chi connectivity index (χ0n) is 20.7. The van der Waals surface area contributed by atoms with Crippen LogP contribution in [0.2, 0.25) is 5.02 Å². The Morgan fingerprint density at radius 3 is 2.76 bits per heavy atom. The highest BCUT2D eigenvalue weighted by molar-refractivity contribution is 6.31. The van der Waals surface area contributed by atoms with E-state index in [0.717, 1.165) is 16.7 Å². The molecule has 3 aromatic rings. The third-order valence-electron chi connectivity index (χ3n) is 6.94. The number of pyridine rings is 2. The lowest BCUT2D eigenvalue weighted by molar-refractivity contribution is -0.128. The zero-order valence-corrected chi connectivity index (χ0v) is 21.4. The molecule has 1 atom stereocenters. The molecule has 1 aliphatic heterocycles. The number of nitrogens with one attached hydrogen (secondary N) is 3. The third-order valence-corrected chi connectivity index (χ3v) is 7.27. The van der Waals surface area contributed by atoms with E-state index in [2.05, 4.69) is 25.9 Å². The predicted molar refractivity (Wildman–Crippen MR) is 139 cm³/mol. The summed E-state index contributed by atoms with van der Waals surface area (Å²) in [5.74, 6) is -0.383. The number of likely N-dealkylation sites (N-methyl/N-ethyl adjacent to an activating group) is 1. The number of carbonyl (C=O) groups is 3. The van der Waals surface area contributed by atoms with E-state index >= 15 is 0 Å². The lowest BCUT2D eigenvalue weighted by Gasteiger charge is -2.14. The molecule has 4 amide bonds. The number of urea groups is 1. The van der Waals surface area contributed by atoms with Crippen molar-refractivity contribution in [2.45, 2.75) is 38.3 Å². The SMILES string of the molecule is CN1CC[C@@H](NC(=O)c2cnc(CNC(=O)Nc3nccc4c3Cc3cccc(F)c3CC4)c(Cl)c2)C1=O. The number of carbonyl (C=O) groups excluding carboxylic acids is 3. The van der Waals surface area contributed by atoms with Crippen LogP contribution < -0.4 is 16.0 Å². The predicted octanol–water partition coefficient (Wildman–Crippen LogP) is 3.24. The molecule has 1 fully saturated rings. The first-order valence-corrected chi connectivity index (χ1v) is 12.7. The van der Waals surface area contributed by atoms with Crippen LogP contribution in [0.4, 0.5) is 15.0 Å². The van der Waals surface area contributed by atoms with Gasteiger partial charge in [0.25, 0.3) is 5.91 Å². The van der Waals surface area contributed by atoms with Crippen molar-refractivity contribution in [1.82, 2.24) is 25.5 Å². The minimum atomic E-state index is -0.564. The number of benzene rings is 1. The monoisotopic (exact) mass is 536 g/mol. The molecule has 196 valence electrons. The van der Waals surface area contributed by atoms with Gasteiger partial charge in [0.1, 0.15) is 17.7 Å². The van der Waals surface area contributed by atoms with Gasteiger partial charge in [-0.1, -0.05) is 23.7 Å². The van der Waals surface area contributed by atoms with Crippen LogP contribution in [0.3, 0.4) is 0 Å². The van der Waals surface area contributed by atoms with Crippen molar-refractivity contribution in [3.63, 3.8) is 0 Å². The van der Waals surface area contributed by atoms with E-state index in [9.17, 15) is 18.8 Å². The molecule has 0 spiro atoms. The molecule has 0 radical (unpaired) electrons. The molecule has 11 heteroatoms. The highest BCUT2D eigenvalue weighted by Gasteiger charge is 2.30. The minimum absolute atomic E-state index is 0.0154. The van der Waals surface area contributed by atoms with E-state index in [0.29, 0.717) is 49.3 Å². The second kappa shape index (κ2) is 10.7. The highest BCUT2D eigenvalue weighted by Crippen LogP contribution is 2.29. The van der Waals surface area contributed by atoms with E-state index < -0.39 is 18.0 Å². The van der Waals surface area contributed by atoms with Crippen LogP contribution in [-0.4, -0.2) is 52.3 Å². The van der Waals surface area contributed by atoms with Crippen molar-refractivity contribution >= 4 is 35.3 Å². The largest absolute Gasteiger partial charge is 0.344 e. The summed E-state index contributed by atoms with van der Waals surface area (Å²) in [5.41, 5.74) is 4.03. The van der Waals surface area contributed by atoms with Crippen molar-refractivity contribution in [2.75, 3.05) is 18.9 Å². The first-order chi connectivity index (χ1) is 18.3. The molecule has 9 nitrogen and oxygen atoms in total. The fourth-order valence-electron chi connectivity index (χ4n) is 4.80. The van der Waals surface area contributed by atoms with E-state index in [-0.39, 0.29) is 28.9 Å². The van der Waals surface area contributed by atoms with Gasteiger partial charge < -0.3 is 15.5 Å². The molecule has 1 aromatic carbocycles. The summed E-state index contributed by atoms with van der Waals surface area (Å²) < 4.78 is 14.3. The molecule has 0 bridgehead atoms. The van der Waals surface area contributed by atoms with Crippen molar-refractivity contribution in [2.24, 2.45) is 0 Å². The van der Waals surface area contributed by atoms with Gasteiger partial charge in [0.15, 0.2) is 0 Å². The van der Waals surface area contributed by atoms with Gasteiger partial charge in [-0.3, -0.25) is 19.9 Å². The van der Waals surface area contributed by atoms with Gasteiger partial charge in [-0.05, 0) is 54.2 Å². The van der Waals surface area contributed by atoms with Gasteiger partial charge in [0.05, 0.1) is 22.8 Å². The molecule has 5 rings (SSSR count). The number of aryl methyl sites for hydroxylation is 1. The number of fused-ring (bicyclic) bond motifs is 2. The van der Waals surface area contributed by atoms with Crippen LogP contribution in [0.15, 0.2) is 42.7 Å². The van der Waals surface area contributed by atoms with Crippen molar-refractivity contribution in [3.8, 4) is 0 Å². The summed E-state index contributed by atoms with van der Waals surface area (Å²) >= 11 is 6.33. The number of rotatable bonds is 5. The Labute approximate surface area is 223 Å². The first-order valence-electron chi connectivity index (χ1n) is 12.3. The van der Waals surface area contributed by atoms with Crippen LogP contribution in [0.25, 0.3) is 0 Å². The topological polar surface area (TPSA) is 116 Å². The number of hydrogen-bond donors (Lipinski definition) is 3. The maximum Gasteiger partial charge on any atom is 0.320 e. The highest BCUT2D eigenvalue weighted by atomic mass is 35.5. The maximum absolute atomic E-state index is 14.3. The van der Waals surface area contributed by atoms with Gasteiger partial charge >= 0.3 is 6.03 Å². The average Bonchev–Trinajstić information content (AvgIpc) is 3.09. The van der Waals surface area contributed by atoms with Gasteiger partial charge in [0, 0.05) is 38.0 Å². The number of anilines is 1. The third kappa shape index (κ3) is 5.31. The van der Waals surface area contributed by atoms with Crippen LogP contribution >= 0.6 is 11.6 Å². The molecule has 0 unspecified atom stereocenters. The van der Waals surface area contributed by atoms with Gasteiger partial charge in [-0.25, -0.2) is 14.2 Å².